The summed E-state index contributed by atoms with van der Waals surface area (Å²) in [5.41, 5.74) is 5.35. The van der Waals surface area contributed by atoms with Crippen LogP contribution in [0.25, 0.3) is 0 Å². The van der Waals surface area contributed by atoms with Crippen LogP contribution in [0.4, 0.5) is 5.69 Å². The molecule has 0 saturated carbocycles. The van der Waals surface area contributed by atoms with Crippen LogP contribution in [0.5, 0.6) is 5.75 Å². The Hall–Kier alpha value is -1.79. The van der Waals surface area contributed by atoms with Crippen LogP contribution in [0.2, 0.25) is 0 Å². The number of rotatable bonds is 6. The maximum absolute atomic E-state index is 12.0. The highest BCUT2D eigenvalue weighted by atomic mass is 16.5. The molecule has 0 aliphatic heterocycles. The molecule has 0 aliphatic carbocycles. The van der Waals surface area contributed by atoms with Gasteiger partial charge in [-0.3, -0.25) is 4.79 Å². The molecule has 0 fully saturated rings. The number of nitrogens with one attached hydrogen (secondary N) is 1. The molecule has 0 saturated heterocycles. The minimum atomic E-state index is -1.08. The van der Waals surface area contributed by atoms with Gasteiger partial charge in [0.1, 0.15) is 5.75 Å². The van der Waals surface area contributed by atoms with Crippen LogP contribution in [-0.2, 0) is 0 Å². The number of aliphatic hydroxyl groups is 2. The molecule has 106 valence electrons. The zero-order valence-corrected chi connectivity index (χ0v) is 11.1. The summed E-state index contributed by atoms with van der Waals surface area (Å²) in [6.45, 7) is 3.11. The Morgan fingerprint density at radius 3 is 2.53 bits per heavy atom. The zero-order valence-electron chi connectivity index (χ0n) is 11.1. The van der Waals surface area contributed by atoms with E-state index in [1.807, 2.05) is 6.92 Å². The van der Waals surface area contributed by atoms with E-state index in [4.69, 9.17) is 20.7 Å². The number of aliphatic hydroxyl groups excluding tert-OH is 2. The summed E-state index contributed by atoms with van der Waals surface area (Å²) in [7, 11) is 0. The summed E-state index contributed by atoms with van der Waals surface area (Å²) in [5, 5.41) is 20.9. The van der Waals surface area contributed by atoms with Crippen LogP contribution in [0.15, 0.2) is 18.2 Å². The maximum Gasteiger partial charge on any atom is 0.252 e. The van der Waals surface area contributed by atoms with Gasteiger partial charge < -0.3 is 26.0 Å². The zero-order chi connectivity index (χ0) is 14.5. The molecule has 0 aliphatic rings. The highest BCUT2D eigenvalue weighted by molar-refractivity contribution is 5.96. The number of benzene rings is 1. The van der Waals surface area contributed by atoms with Gasteiger partial charge in [0, 0.05) is 17.3 Å². The van der Waals surface area contributed by atoms with Crippen LogP contribution in [0.3, 0.4) is 0 Å². The molecule has 0 spiro atoms. The molecule has 6 heteroatoms. The molecule has 0 radical (unpaired) electrons. The summed E-state index contributed by atoms with van der Waals surface area (Å²) in [4.78, 5) is 12.0. The van der Waals surface area contributed by atoms with E-state index in [0.29, 0.717) is 23.6 Å². The van der Waals surface area contributed by atoms with Crippen LogP contribution >= 0.6 is 0 Å². The highest BCUT2D eigenvalue weighted by Gasteiger charge is 2.25. The predicted octanol–water partition coefficient (Wildman–Crippen LogP) is 0.141. The van der Waals surface area contributed by atoms with Crippen molar-refractivity contribution in [1.82, 2.24) is 5.32 Å². The molecule has 1 aromatic rings. The third-order valence-corrected chi connectivity index (χ3v) is 2.62. The lowest BCUT2D eigenvalue weighted by atomic mass is 10.0. The topological polar surface area (TPSA) is 105 Å². The maximum atomic E-state index is 12.0. The molecule has 19 heavy (non-hydrogen) atoms. The number of amides is 1. The van der Waals surface area contributed by atoms with E-state index < -0.39 is 11.4 Å². The minimum absolute atomic E-state index is 0.316. The van der Waals surface area contributed by atoms with Crippen LogP contribution in [-0.4, -0.2) is 41.5 Å². The molecule has 1 amide bonds. The lowest BCUT2D eigenvalue weighted by Crippen LogP contribution is -2.51. The first-order valence-electron chi connectivity index (χ1n) is 6.01. The molecule has 1 aromatic carbocycles. The normalized spacial score (nSPS) is 11.2. The van der Waals surface area contributed by atoms with E-state index in [1.54, 1.807) is 19.1 Å². The largest absolute Gasteiger partial charge is 0.494 e. The molecule has 1 rings (SSSR count). The number of anilines is 1. The second kappa shape index (κ2) is 6.40. The fourth-order valence-electron chi connectivity index (χ4n) is 1.48. The fourth-order valence-corrected chi connectivity index (χ4v) is 1.48. The molecule has 0 bridgehead atoms. The van der Waals surface area contributed by atoms with Gasteiger partial charge >= 0.3 is 0 Å². The Labute approximate surface area is 112 Å². The quantitative estimate of drug-likeness (QED) is 0.549. The van der Waals surface area contributed by atoms with Gasteiger partial charge in [0.25, 0.3) is 5.91 Å². The molecule has 0 aromatic heterocycles. The molecule has 0 atom stereocenters. The van der Waals surface area contributed by atoms with Crippen molar-refractivity contribution in [3.05, 3.63) is 23.8 Å². The van der Waals surface area contributed by atoms with Gasteiger partial charge in [-0.2, -0.15) is 0 Å². The van der Waals surface area contributed by atoms with Crippen molar-refractivity contribution in [1.29, 1.82) is 0 Å². The third kappa shape index (κ3) is 4.11. The van der Waals surface area contributed by atoms with E-state index in [2.05, 4.69) is 5.32 Å². The van der Waals surface area contributed by atoms with Crippen molar-refractivity contribution < 1.29 is 19.7 Å². The molecule has 5 N–H and O–H groups in total. The van der Waals surface area contributed by atoms with Gasteiger partial charge in [-0.15, -0.1) is 0 Å². The number of carbonyl (C=O) groups excluding carboxylic acids is 1. The number of nitrogen functional groups attached to an aromatic ring is 1. The van der Waals surface area contributed by atoms with E-state index in [9.17, 15) is 4.79 Å². The molecule has 0 heterocycles. The van der Waals surface area contributed by atoms with Crippen molar-refractivity contribution in [3.8, 4) is 5.75 Å². The molecule has 6 nitrogen and oxygen atoms in total. The summed E-state index contributed by atoms with van der Waals surface area (Å²) in [6.07, 6.45) is 0. The summed E-state index contributed by atoms with van der Waals surface area (Å²) in [6, 6.07) is 4.69. The smallest absolute Gasteiger partial charge is 0.252 e. The van der Waals surface area contributed by atoms with Gasteiger partial charge in [0.05, 0.1) is 25.4 Å². The van der Waals surface area contributed by atoms with Crippen molar-refractivity contribution in [2.45, 2.75) is 19.4 Å². The number of carbonyl (C=O) groups is 1. The average Bonchev–Trinajstić information content (AvgIpc) is 2.38. The lowest BCUT2D eigenvalue weighted by molar-refractivity contribution is 0.0723. The van der Waals surface area contributed by atoms with E-state index in [0.717, 1.165) is 0 Å². The lowest BCUT2D eigenvalue weighted by Gasteiger charge is -2.26. The minimum Gasteiger partial charge on any atom is -0.494 e. The van der Waals surface area contributed by atoms with Crippen LogP contribution < -0.4 is 15.8 Å². The summed E-state index contributed by atoms with van der Waals surface area (Å²) >= 11 is 0. The number of nitrogens with two attached hydrogens (primary N) is 1. The Morgan fingerprint density at radius 1 is 1.37 bits per heavy atom. The van der Waals surface area contributed by atoms with Crippen molar-refractivity contribution in [3.63, 3.8) is 0 Å². The predicted molar refractivity (Wildman–Crippen MR) is 72.1 cm³/mol. The number of ether oxygens (including phenoxy) is 1. The van der Waals surface area contributed by atoms with Gasteiger partial charge in [0.2, 0.25) is 0 Å². The van der Waals surface area contributed by atoms with Gasteiger partial charge in [-0.1, -0.05) is 0 Å². The molecule has 0 unspecified atom stereocenters. The van der Waals surface area contributed by atoms with E-state index in [1.165, 1.54) is 6.07 Å². The SMILES string of the molecule is CCOc1cc(N)cc(C(=O)NC(C)(CO)CO)c1. The van der Waals surface area contributed by atoms with Gasteiger partial charge in [-0.25, -0.2) is 0 Å². The van der Waals surface area contributed by atoms with Crippen LogP contribution in [0, 0.1) is 0 Å². The number of hydrogen-bond acceptors (Lipinski definition) is 5. The van der Waals surface area contributed by atoms with Crippen molar-refractivity contribution in [2.75, 3.05) is 25.6 Å². The second-order valence-electron chi connectivity index (χ2n) is 4.55. The Balaban J connectivity index is 2.93. The third-order valence-electron chi connectivity index (χ3n) is 2.62. The van der Waals surface area contributed by atoms with Crippen molar-refractivity contribution >= 4 is 11.6 Å². The monoisotopic (exact) mass is 268 g/mol. The first-order chi connectivity index (χ1) is 8.94. The molecular weight excluding hydrogens is 248 g/mol. The van der Waals surface area contributed by atoms with E-state index in [-0.39, 0.29) is 13.2 Å². The second-order valence-corrected chi connectivity index (χ2v) is 4.55. The Kier molecular flexibility index (Phi) is 5.14. The summed E-state index contributed by atoms with van der Waals surface area (Å²) < 4.78 is 5.30. The van der Waals surface area contributed by atoms with Crippen molar-refractivity contribution in [2.24, 2.45) is 0 Å². The fraction of sp³-hybridized carbons (Fsp3) is 0.462. The van der Waals surface area contributed by atoms with E-state index >= 15 is 0 Å². The molecular formula is C13H20N2O4. The average molecular weight is 268 g/mol. The van der Waals surface area contributed by atoms with Gasteiger partial charge in [0.15, 0.2) is 0 Å². The summed E-state index contributed by atoms with van der Waals surface area (Å²) in [5.74, 6) is 0.0706. The standard InChI is InChI=1S/C13H20N2O4/c1-3-19-11-5-9(4-10(14)6-11)12(18)15-13(2,7-16)8-17/h4-6,16-17H,3,7-8,14H2,1-2H3,(H,15,18). The van der Waals surface area contributed by atoms with Crippen LogP contribution in [0.1, 0.15) is 24.2 Å². The highest BCUT2D eigenvalue weighted by Crippen LogP contribution is 2.19. The first-order valence-corrected chi connectivity index (χ1v) is 6.01. The number of hydrogen-bond donors (Lipinski definition) is 4. The first kappa shape index (κ1) is 15.3. The van der Waals surface area contributed by atoms with Gasteiger partial charge in [-0.05, 0) is 26.0 Å². The Morgan fingerprint density at radius 2 is 2.00 bits per heavy atom. The Bertz CT molecular complexity index is 444.